The number of isothiocyanates is 1. The highest BCUT2D eigenvalue weighted by molar-refractivity contribution is 7.78. The molecule has 3 nitrogen and oxygen atoms in total. The van der Waals surface area contributed by atoms with Crippen LogP contribution in [0.15, 0.2) is 35.5 Å². The Balaban J connectivity index is 2.25. The summed E-state index contributed by atoms with van der Waals surface area (Å²) in [7, 11) is 0. The number of aryl methyl sites for hydroxylation is 1. The molecule has 0 fully saturated rings. The van der Waals surface area contributed by atoms with Crippen LogP contribution in [-0.4, -0.2) is 15.1 Å². The van der Waals surface area contributed by atoms with Gasteiger partial charge in [-0.2, -0.15) is 14.4 Å². The van der Waals surface area contributed by atoms with Crippen LogP contribution in [0.4, 0.5) is 10.2 Å². The molecule has 0 bridgehead atoms. The van der Waals surface area contributed by atoms with Crippen molar-refractivity contribution in [3.05, 3.63) is 53.2 Å². The van der Waals surface area contributed by atoms with E-state index in [2.05, 4.69) is 51.1 Å². The molecule has 2 rings (SSSR count). The van der Waals surface area contributed by atoms with Crippen LogP contribution >= 0.6 is 12.2 Å². The first kappa shape index (κ1) is 14.0. The third-order valence-corrected chi connectivity index (χ3v) is 2.66. The van der Waals surface area contributed by atoms with Crippen LogP contribution < -0.4 is 0 Å². The standard InChI is InChI=1S/C15H10FN3S/c1-2-11-3-5-12(6-4-11)7-8-13-15(16)19-14(9-17-13)18-10-20/h3-6,9H,2H2,1H3. The Hall–Kier alpha value is -2.41. The van der Waals surface area contributed by atoms with Crippen molar-refractivity contribution in [2.75, 3.05) is 0 Å². The second-order valence-corrected chi connectivity index (χ2v) is 4.05. The van der Waals surface area contributed by atoms with E-state index in [1.807, 2.05) is 24.3 Å². The third kappa shape index (κ3) is 3.55. The predicted octanol–water partition coefficient (Wildman–Crippen LogP) is 3.31. The van der Waals surface area contributed by atoms with E-state index >= 15 is 0 Å². The molecular formula is C15H10FN3S. The second kappa shape index (κ2) is 6.67. The van der Waals surface area contributed by atoms with Crippen LogP contribution in [0.25, 0.3) is 0 Å². The fourth-order valence-electron chi connectivity index (χ4n) is 1.50. The van der Waals surface area contributed by atoms with Gasteiger partial charge in [0.15, 0.2) is 11.5 Å². The minimum atomic E-state index is -0.769. The molecule has 5 heteroatoms. The van der Waals surface area contributed by atoms with Gasteiger partial charge in [0.25, 0.3) is 0 Å². The highest BCUT2D eigenvalue weighted by atomic mass is 32.1. The summed E-state index contributed by atoms with van der Waals surface area (Å²) in [6, 6.07) is 7.76. The second-order valence-electron chi connectivity index (χ2n) is 3.87. The van der Waals surface area contributed by atoms with Crippen LogP contribution in [0.2, 0.25) is 0 Å². The zero-order valence-electron chi connectivity index (χ0n) is 10.7. The molecule has 0 amide bonds. The molecule has 1 aromatic heterocycles. The van der Waals surface area contributed by atoms with Gasteiger partial charge < -0.3 is 0 Å². The number of aliphatic imine (C=N–C) groups is 1. The molecular weight excluding hydrogens is 273 g/mol. The summed E-state index contributed by atoms with van der Waals surface area (Å²) < 4.78 is 13.6. The van der Waals surface area contributed by atoms with Crippen molar-refractivity contribution in [2.45, 2.75) is 13.3 Å². The van der Waals surface area contributed by atoms with Crippen molar-refractivity contribution in [1.82, 2.24) is 9.97 Å². The van der Waals surface area contributed by atoms with Crippen molar-refractivity contribution in [3.8, 4) is 11.8 Å². The number of aromatic nitrogens is 2. The van der Waals surface area contributed by atoms with Gasteiger partial charge in [-0.3, -0.25) is 0 Å². The number of thiocarbonyl (C=S) groups is 1. The van der Waals surface area contributed by atoms with Crippen LogP contribution in [0, 0.1) is 17.8 Å². The van der Waals surface area contributed by atoms with E-state index in [1.54, 1.807) is 0 Å². The molecule has 98 valence electrons. The maximum absolute atomic E-state index is 13.6. The lowest BCUT2D eigenvalue weighted by atomic mass is 10.1. The van der Waals surface area contributed by atoms with Crippen molar-refractivity contribution in [2.24, 2.45) is 4.99 Å². The van der Waals surface area contributed by atoms with E-state index in [9.17, 15) is 4.39 Å². The third-order valence-electron chi connectivity index (χ3n) is 2.56. The molecule has 0 radical (unpaired) electrons. The Kier molecular flexibility index (Phi) is 4.67. The summed E-state index contributed by atoms with van der Waals surface area (Å²) in [6.45, 7) is 2.08. The fourth-order valence-corrected chi connectivity index (χ4v) is 1.59. The maximum Gasteiger partial charge on any atom is 0.249 e. The molecule has 0 N–H and O–H groups in total. The van der Waals surface area contributed by atoms with Gasteiger partial charge >= 0.3 is 0 Å². The van der Waals surface area contributed by atoms with Crippen LogP contribution in [-0.2, 0) is 6.42 Å². The van der Waals surface area contributed by atoms with Gasteiger partial charge in [-0.25, -0.2) is 4.98 Å². The van der Waals surface area contributed by atoms with Crippen molar-refractivity contribution >= 4 is 23.2 Å². The molecule has 0 atom stereocenters. The lowest BCUT2D eigenvalue weighted by molar-refractivity contribution is 0.573. The lowest BCUT2D eigenvalue weighted by Crippen LogP contribution is -1.93. The van der Waals surface area contributed by atoms with E-state index in [4.69, 9.17) is 0 Å². The topological polar surface area (TPSA) is 38.1 Å². The van der Waals surface area contributed by atoms with E-state index in [0.717, 1.165) is 12.0 Å². The highest BCUT2D eigenvalue weighted by Crippen LogP contribution is 2.08. The summed E-state index contributed by atoms with van der Waals surface area (Å²) in [6.07, 6.45) is 2.27. The number of halogens is 1. The first-order valence-corrected chi connectivity index (χ1v) is 6.35. The summed E-state index contributed by atoms with van der Waals surface area (Å²) in [4.78, 5) is 11.0. The predicted molar refractivity (Wildman–Crippen MR) is 78.5 cm³/mol. The van der Waals surface area contributed by atoms with Crippen molar-refractivity contribution in [1.29, 1.82) is 0 Å². The van der Waals surface area contributed by atoms with Gasteiger partial charge in [-0.05, 0) is 42.3 Å². The number of rotatable bonds is 2. The van der Waals surface area contributed by atoms with Gasteiger partial charge in [0.05, 0.1) is 11.4 Å². The smallest absolute Gasteiger partial charge is 0.239 e. The zero-order valence-corrected chi connectivity index (χ0v) is 11.5. The molecule has 0 aliphatic rings. The number of hydrogen-bond acceptors (Lipinski definition) is 4. The normalized spacial score (nSPS) is 9.30. The summed E-state index contributed by atoms with van der Waals surface area (Å²) in [5.74, 6) is 4.80. The van der Waals surface area contributed by atoms with Gasteiger partial charge in [0.1, 0.15) is 0 Å². The molecule has 0 saturated heterocycles. The Morgan fingerprint density at radius 2 is 2.00 bits per heavy atom. The highest BCUT2D eigenvalue weighted by Gasteiger charge is 2.03. The lowest BCUT2D eigenvalue weighted by Gasteiger charge is -1.96. The Morgan fingerprint density at radius 1 is 1.25 bits per heavy atom. The Labute approximate surface area is 121 Å². The maximum atomic E-state index is 13.6. The molecule has 1 heterocycles. The largest absolute Gasteiger partial charge is 0.249 e. The SMILES string of the molecule is CCc1ccc(C#Cc2ncc(N=C=S)nc2F)cc1. The van der Waals surface area contributed by atoms with Crippen LogP contribution in [0.5, 0.6) is 0 Å². The molecule has 0 saturated carbocycles. The molecule has 2 aromatic rings. The zero-order chi connectivity index (χ0) is 14.4. The van der Waals surface area contributed by atoms with Gasteiger partial charge in [-0.15, -0.1) is 0 Å². The number of nitrogens with zero attached hydrogens (tertiary/aromatic N) is 3. The summed E-state index contributed by atoms with van der Waals surface area (Å²) >= 11 is 4.41. The van der Waals surface area contributed by atoms with Crippen LogP contribution in [0.3, 0.4) is 0 Å². The Bertz CT molecular complexity index is 723. The molecule has 1 aromatic carbocycles. The van der Waals surface area contributed by atoms with E-state index in [0.29, 0.717) is 0 Å². The van der Waals surface area contributed by atoms with E-state index in [-0.39, 0.29) is 11.5 Å². The molecule has 0 unspecified atom stereocenters. The fraction of sp³-hybridized carbons (Fsp3) is 0.133. The number of benzene rings is 1. The van der Waals surface area contributed by atoms with Crippen molar-refractivity contribution < 1.29 is 4.39 Å². The van der Waals surface area contributed by atoms with E-state index in [1.165, 1.54) is 11.8 Å². The quantitative estimate of drug-likeness (QED) is 0.482. The van der Waals surface area contributed by atoms with Gasteiger partial charge in [0.2, 0.25) is 5.95 Å². The van der Waals surface area contributed by atoms with E-state index < -0.39 is 5.95 Å². The van der Waals surface area contributed by atoms with Gasteiger partial charge in [0, 0.05) is 5.56 Å². The average molecular weight is 283 g/mol. The average Bonchev–Trinajstić information content (AvgIpc) is 2.47. The first-order chi connectivity index (χ1) is 9.72. The molecule has 0 aliphatic carbocycles. The molecule has 0 spiro atoms. The minimum absolute atomic E-state index is 0.0205. The van der Waals surface area contributed by atoms with Crippen LogP contribution in [0.1, 0.15) is 23.7 Å². The summed E-state index contributed by atoms with van der Waals surface area (Å²) in [5, 5.41) is 2.10. The Morgan fingerprint density at radius 3 is 2.60 bits per heavy atom. The minimum Gasteiger partial charge on any atom is -0.239 e. The summed E-state index contributed by atoms with van der Waals surface area (Å²) in [5.41, 5.74) is 2.00. The monoisotopic (exact) mass is 283 g/mol. The van der Waals surface area contributed by atoms with Gasteiger partial charge in [-0.1, -0.05) is 25.0 Å². The molecule has 0 aliphatic heterocycles. The van der Waals surface area contributed by atoms with Crippen molar-refractivity contribution in [3.63, 3.8) is 0 Å². The first-order valence-electron chi connectivity index (χ1n) is 5.94. The number of hydrogen-bond donors (Lipinski definition) is 0. The molecule has 20 heavy (non-hydrogen) atoms.